The summed E-state index contributed by atoms with van der Waals surface area (Å²) in [4.78, 5) is 24.6. The molecule has 3 N–H and O–H groups in total. The Balaban J connectivity index is 5.05. The minimum atomic E-state index is -5.99. The van der Waals surface area contributed by atoms with E-state index in [9.17, 15) is 17.9 Å². The van der Waals surface area contributed by atoms with Crippen LogP contribution in [-0.4, -0.2) is 26.7 Å². The third-order valence-corrected chi connectivity index (χ3v) is 4.52. The molecular weight excluding hydrogens is 232 g/mol. The standard InChI is InChI=1S/C3H8F2O6P2/c1-2-11-13(9,10)3(4,5)12(6,7)8/h2H2,1H3,(H,9,10)(H2,6,7,8). The average molecular weight is 240 g/mol. The second-order valence-corrected chi connectivity index (χ2v) is 5.85. The van der Waals surface area contributed by atoms with Crippen molar-refractivity contribution >= 4 is 15.2 Å². The Hall–Kier alpha value is 0.160. The maximum atomic E-state index is 12.5. The highest BCUT2D eigenvalue weighted by Gasteiger charge is 2.64. The van der Waals surface area contributed by atoms with Gasteiger partial charge in [-0.1, -0.05) is 0 Å². The second kappa shape index (κ2) is 3.73. The minimum absolute atomic E-state index is 0.552. The molecule has 0 aromatic carbocycles. The van der Waals surface area contributed by atoms with Gasteiger partial charge < -0.3 is 19.2 Å². The van der Waals surface area contributed by atoms with E-state index in [0.29, 0.717) is 0 Å². The van der Waals surface area contributed by atoms with Crippen molar-refractivity contribution in [3.05, 3.63) is 0 Å². The summed E-state index contributed by atoms with van der Waals surface area (Å²) in [5.41, 5.74) is 0. The molecule has 0 radical (unpaired) electrons. The quantitative estimate of drug-likeness (QED) is 0.631. The predicted molar refractivity (Wildman–Crippen MR) is 38.4 cm³/mol. The number of alkyl halides is 2. The van der Waals surface area contributed by atoms with Gasteiger partial charge in [0, 0.05) is 0 Å². The predicted octanol–water partition coefficient (Wildman–Crippen LogP) is 0.936. The summed E-state index contributed by atoms with van der Waals surface area (Å²) in [6.45, 7) is 0.585. The summed E-state index contributed by atoms with van der Waals surface area (Å²) < 4.78 is 49.4. The van der Waals surface area contributed by atoms with E-state index in [1.165, 1.54) is 0 Å². The van der Waals surface area contributed by atoms with Crippen molar-refractivity contribution in [2.75, 3.05) is 6.61 Å². The van der Waals surface area contributed by atoms with Gasteiger partial charge in [0.15, 0.2) is 0 Å². The summed E-state index contributed by atoms with van der Waals surface area (Å²) >= 11 is 0. The molecule has 0 rings (SSSR count). The summed E-state index contributed by atoms with van der Waals surface area (Å²) in [5.74, 6) is 0. The van der Waals surface area contributed by atoms with E-state index in [4.69, 9.17) is 14.7 Å². The molecule has 6 nitrogen and oxygen atoms in total. The number of hydrogen-bond acceptors (Lipinski definition) is 3. The third-order valence-electron chi connectivity index (χ3n) is 0.995. The number of rotatable bonds is 4. The van der Waals surface area contributed by atoms with Crippen molar-refractivity contribution in [2.24, 2.45) is 0 Å². The molecule has 0 spiro atoms. The van der Waals surface area contributed by atoms with Crippen LogP contribution in [0.5, 0.6) is 0 Å². The lowest BCUT2D eigenvalue weighted by Crippen LogP contribution is -2.18. The summed E-state index contributed by atoms with van der Waals surface area (Å²) in [6.07, 6.45) is 0. The molecule has 0 heterocycles. The Morgan fingerprint density at radius 2 is 1.69 bits per heavy atom. The minimum Gasteiger partial charge on any atom is -0.320 e. The highest BCUT2D eigenvalue weighted by atomic mass is 31.2. The van der Waals surface area contributed by atoms with E-state index < -0.39 is 27.2 Å². The lowest BCUT2D eigenvalue weighted by Gasteiger charge is -2.21. The zero-order valence-electron chi connectivity index (χ0n) is 6.42. The number of hydrogen-bond donors (Lipinski definition) is 3. The second-order valence-electron chi connectivity index (χ2n) is 1.99. The molecule has 0 aromatic heterocycles. The van der Waals surface area contributed by atoms with Gasteiger partial charge in [0.2, 0.25) is 0 Å². The SMILES string of the molecule is CCOP(=O)(O)C(F)(F)P(=O)(O)O. The molecule has 1 unspecified atom stereocenters. The van der Waals surface area contributed by atoms with Crippen LogP contribution in [-0.2, 0) is 13.7 Å². The van der Waals surface area contributed by atoms with Crippen LogP contribution < -0.4 is 0 Å². The zero-order chi connectivity index (χ0) is 10.9. The zero-order valence-corrected chi connectivity index (χ0v) is 8.21. The fourth-order valence-corrected chi connectivity index (χ4v) is 2.41. The Labute approximate surface area is 72.2 Å². The van der Waals surface area contributed by atoms with E-state index in [0.717, 1.165) is 6.92 Å². The third kappa shape index (κ3) is 2.56. The van der Waals surface area contributed by atoms with Crippen molar-refractivity contribution in [3.8, 4) is 0 Å². The van der Waals surface area contributed by atoms with Gasteiger partial charge in [0.1, 0.15) is 0 Å². The molecule has 1 atom stereocenters. The molecule has 10 heteroatoms. The van der Waals surface area contributed by atoms with E-state index in [2.05, 4.69) is 4.52 Å². The van der Waals surface area contributed by atoms with Crippen LogP contribution in [0.15, 0.2) is 0 Å². The van der Waals surface area contributed by atoms with Gasteiger partial charge in [-0.2, -0.15) is 8.78 Å². The summed E-state index contributed by atoms with van der Waals surface area (Å²) in [7, 11) is -11.6. The summed E-state index contributed by atoms with van der Waals surface area (Å²) in [5, 5.41) is -5.06. The maximum Gasteiger partial charge on any atom is 0.443 e. The van der Waals surface area contributed by atoms with Crippen LogP contribution in [0.25, 0.3) is 0 Å². The molecule has 0 bridgehead atoms. The monoisotopic (exact) mass is 240 g/mol. The van der Waals surface area contributed by atoms with Gasteiger partial charge >= 0.3 is 20.6 Å². The first kappa shape index (κ1) is 13.2. The van der Waals surface area contributed by atoms with Crippen LogP contribution >= 0.6 is 15.2 Å². The van der Waals surface area contributed by atoms with Crippen LogP contribution in [0.3, 0.4) is 0 Å². The fourth-order valence-electron chi connectivity index (χ4n) is 0.417. The molecule has 0 saturated heterocycles. The lowest BCUT2D eigenvalue weighted by atomic mass is 10.9. The Morgan fingerprint density at radius 3 is 1.92 bits per heavy atom. The van der Waals surface area contributed by atoms with Gasteiger partial charge in [0.25, 0.3) is 0 Å². The number of halogens is 2. The molecule has 0 aliphatic heterocycles. The van der Waals surface area contributed by atoms with Crippen LogP contribution in [0.1, 0.15) is 6.92 Å². The normalized spacial score (nSPS) is 18.3. The lowest BCUT2D eigenvalue weighted by molar-refractivity contribution is 0.0940. The topological polar surface area (TPSA) is 104 Å². The highest BCUT2D eigenvalue weighted by Crippen LogP contribution is 2.73. The molecule has 0 aliphatic rings. The van der Waals surface area contributed by atoms with Gasteiger partial charge in [-0.25, -0.2) is 0 Å². The van der Waals surface area contributed by atoms with Gasteiger partial charge in [-0.3, -0.25) is 9.13 Å². The first-order valence-electron chi connectivity index (χ1n) is 2.97. The van der Waals surface area contributed by atoms with E-state index in [-0.39, 0.29) is 0 Å². The Bertz CT molecular complexity index is 271. The molecule has 0 aliphatic carbocycles. The van der Waals surface area contributed by atoms with Crippen molar-refractivity contribution in [1.29, 1.82) is 0 Å². The van der Waals surface area contributed by atoms with Crippen molar-refractivity contribution < 1.29 is 37.1 Å². The van der Waals surface area contributed by atoms with Gasteiger partial charge in [0.05, 0.1) is 6.61 Å². The van der Waals surface area contributed by atoms with Crippen LogP contribution in [0.4, 0.5) is 8.78 Å². The van der Waals surface area contributed by atoms with Crippen molar-refractivity contribution in [3.63, 3.8) is 0 Å². The first-order chi connectivity index (χ1) is 5.56. The van der Waals surface area contributed by atoms with E-state index >= 15 is 0 Å². The molecule has 13 heavy (non-hydrogen) atoms. The van der Waals surface area contributed by atoms with Crippen LogP contribution in [0, 0.1) is 0 Å². The molecular formula is C3H8F2O6P2. The van der Waals surface area contributed by atoms with Crippen molar-refractivity contribution in [2.45, 2.75) is 12.3 Å². The molecule has 0 amide bonds. The molecule has 0 saturated carbocycles. The maximum absolute atomic E-state index is 12.5. The van der Waals surface area contributed by atoms with Crippen molar-refractivity contribution in [1.82, 2.24) is 0 Å². The molecule has 80 valence electrons. The van der Waals surface area contributed by atoms with E-state index in [1.807, 2.05) is 0 Å². The summed E-state index contributed by atoms with van der Waals surface area (Å²) in [6, 6.07) is 0. The Kier molecular flexibility index (Phi) is 3.77. The van der Waals surface area contributed by atoms with Gasteiger partial charge in [-0.15, -0.1) is 0 Å². The highest BCUT2D eigenvalue weighted by molar-refractivity contribution is 7.72. The Morgan fingerprint density at radius 1 is 1.31 bits per heavy atom. The van der Waals surface area contributed by atoms with Gasteiger partial charge in [-0.05, 0) is 6.92 Å². The van der Waals surface area contributed by atoms with E-state index in [1.54, 1.807) is 0 Å². The fraction of sp³-hybridized carbons (Fsp3) is 1.00. The largest absolute Gasteiger partial charge is 0.443 e. The smallest absolute Gasteiger partial charge is 0.320 e. The average Bonchev–Trinajstić information content (AvgIpc) is 1.84. The first-order valence-corrected chi connectivity index (χ1v) is 6.16. The van der Waals surface area contributed by atoms with Crippen LogP contribution in [0.2, 0.25) is 0 Å². The molecule has 0 aromatic rings. The molecule has 0 fully saturated rings.